The minimum atomic E-state index is -4.35. The van der Waals surface area contributed by atoms with Gasteiger partial charge >= 0.3 is 6.18 Å². The number of hydrogen-bond donors (Lipinski definition) is 2. The summed E-state index contributed by atoms with van der Waals surface area (Å²) >= 11 is 0. The summed E-state index contributed by atoms with van der Waals surface area (Å²) in [5.74, 6) is -0.562. The van der Waals surface area contributed by atoms with E-state index in [-0.39, 0.29) is 12.6 Å². The lowest BCUT2D eigenvalue weighted by atomic mass is 10.0. The van der Waals surface area contributed by atoms with Crippen LogP contribution in [0.1, 0.15) is 19.8 Å². The van der Waals surface area contributed by atoms with Gasteiger partial charge in [-0.2, -0.15) is 13.2 Å². The van der Waals surface area contributed by atoms with E-state index >= 15 is 0 Å². The van der Waals surface area contributed by atoms with E-state index in [9.17, 15) is 18.0 Å². The molecule has 7 heteroatoms. The second-order valence-corrected chi connectivity index (χ2v) is 4.44. The molecule has 1 aliphatic rings. The highest BCUT2D eigenvalue weighted by Gasteiger charge is 2.28. The molecule has 4 nitrogen and oxygen atoms in total. The lowest BCUT2D eigenvalue weighted by Gasteiger charge is -2.33. The van der Waals surface area contributed by atoms with Gasteiger partial charge in [-0.25, -0.2) is 0 Å². The third-order valence-corrected chi connectivity index (χ3v) is 3.06. The summed E-state index contributed by atoms with van der Waals surface area (Å²) in [4.78, 5) is 13.4. The van der Waals surface area contributed by atoms with Crippen molar-refractivity contribution in [2.45, 2.75) is 32.0 Å². The summed E-state index contributed by atoms with van der Waals surface area (Å²) in [5, 5.41) is 5.12. The Kier molecular flexibility index (Phi) is 5.87. The van der Waals surface area contributed by atoms with Gasteiger partial charge in [0.15, 0.2) is 0 Å². The zero-order valence-electron chi connectivity index (χ0n) is 10.5. The summed E-state index contributed by atoms with van der Waals surface area (Å²) in [5.41, 5.74) is 0. The first-order chi connectivity index (χ1) is 8.42. The van der Waals surface area contributed by atoms with Crippen molar-refractivity contribution in [3.8, 4) is 0 Å². The molecule has 1 aliphatic heterocycles. The zero-order valence-corrected chi connectivity index (χ0v) is 10.5. The summed E-state index contributed by atoms with van der Waals surface area (Å²) < 4.78 is 35.9. The van der Waals surface area contributed by atoms with Crippen LogP contribution in [-0.4, -0.2) is 55.7 Å². The van der Waals surface area contributed by atoms with Gasteiger partial charge in [0.2, 0.25) is 5.91 Å². The van der Waals surface area contributed by atoms with Crippen LogP contribution in [-0.2, 0) is 4.79 Å². The molecule has 0 atom stereocenters. The number of rotatable bonds is 5. The molecule has 0 unspecified atom stereocenters. The molecule has 18 heavy (non-hydrogen) atoms. The van der Waals surface area contributed by atoms with Crippen molar-refractivity contribution < 1.29 is 18.0 Å². The van der Waals surface area contributed by atoms with E-state index in [4.69, 9.17) is 0 Å². The number of halogens is 3. The SMILES string of the molecule is CCN(CC(=O)NCC(F)(F)F)C1CCNCC1. The van der Waals surface area contributed by atoms with Gasteiger partial charge in [-0.1, -0.05) is 6.92 Å². The van der Waals surface area contributed by atoms with Crippen LogP contribution < -0.4 is 10.6 Å². The Bertz CT molecular complexity index is 265. The van der Waals surface area contributed by atoms with E-state index in [1.54, 1.807) is 0 Å². The van der Waals surface area contributed by atoms with Gasteiger partial charge in [0.1, 0.15) is 6.54 Å². The molecule has 0 aromatic rings. The van der Waals surface area contributed by atoms with Crippen LogP contribution in [0.25, 0.3) is 0 Å². The highest BCUT2D eigenvalue weighted by molar-refractivity contribution is 5.78. The number of carbonyl (C=O) groups excluding carboxylic acids is 1. The average molecular weight is 267 g/mol. The molecule has 106 valence electrons. The molecule has 0 radical (unpaired) electrons. The van der Waals surface area contributed by atoms with Crippen LogP contribution in [0.2, 0.25) is 0 Å². The van der Waals surface area contributed by atoms with Gasteiger partial charge in [0.25, 0.3) is 0 Å². The maximum atomic E-state index is 12.0. The van der Waals surface area contributed by atoms with Crippen molar-refractivity contribution in [2.24, 2.45) is 0 Å². The van der Waals surface area contributed by atoms with E-state index in [1.165, 1.54) is 0 Å². The van der Waals surface area contributed by atoms with Gasteiger partial charge in [-0.15, -0.1) is 0 Å². The summed E-state index contributed by atoms with van der Waals surface area (Å²) in [7, 11) is 0. The number of nitrogens with zero attached hydrogens (tertiary/aromatic N) is 1. The molecule has 1 rings (SSSR count). The predicted octanol–water partition coefficient (Wildman–Crippen LogP) is 0.739. The second kappa shape index (κ2) is 6.94. The number of amides is 1. The van der Waals surface area contributed by atoms with Crippen molar-refractivity contribution >= 4 is 5.91 Å². The smallest absolute Gasteiger partial charge is 0.346 e. The maximum absolute atomic E-state index is 12.0. The topological polar surface area (TPSA) is 44.4 Å². The van der Waals surface area contributed by atoms with E-state index in [1.807, 2.05) is 17.1 Å². The molecule has 0 aliphatic carbocycles. The van der Waals surface area contributed by atoms with Gasteiger partial charge < -0.3 is 10.6 Å². The monoisotopic (exact) mass is 267 g/mol. The first-order valence-electron chi connectivity index (χ1n) is 6.20. The Hall–Kier alpha value is -0.820. The Morgan fingerprint density at radius 2 is 2.00 bits per heavy atom. The summed E-state index contributed by atoms with van der Waals surface area (Å²) in [6.45, 7) is 3.16. The van der Waals surface area contributed by atoms with Crippen molar-refractivity contribution in [3.63, 3.8) is 0 Å². The van der Waals surface area contributed by atoms with Gasteiger partial charge in [-0.3, -0.25) is 9.69 Å². The highest BCUT2D eigenvalue weighted by atomic mass is 19.4. The van der Waals surface area contributed by atoms with Crippen LogP contribution in [0.15, 0.2) is 0 Å². The van der Waals surface area contributed by atoms with E-state index in [0.717, 1.165) is 25.9 Å². The number of alkyl halides is 3. The Balaban J connectivity index is 2.35. The van der Waals surface area contributed by atoms with Crippen LogP contribution >= 0.6 is 0 Å². The van der Waals surface area contributed by atoms with Crippen molar-refractivity contribution in [3.05, 3.63) is 0 Å². The van der Waals surface area contributed by atoms with E-state index in [0.29, 0.717) is 6.54 Å². The number of piperidine rings is 1. The first-order valence-corrected chi connectivity index (χ1v) is 6.20. The molecule has 1 heterocycles. The molecule has 1 saturated heterocycles. The molecule has 0 aromatic carbocycles. The molecule has 2 N–H and O–H groups in total. The molecule has 0 saturated carbocycles. The molecular weight excluding hydrogens is 247 g/mol. The summed E-state index contributed by atoms with van der Waals surface area (Å²) in [6, 6.07) is 0.285. The van der Waals surface area contributed by atoms with Gasteiger partial charge in [-0.05, 0) is 32.5 Å². The molecule has 1 amide bonds. The predicted molar refractivity (Wildman–Crippen MR) is 62.2 cm³/mol. The molecule has 0 bridgehead atoms. The maximum Gasteiger partial charge on any atom is 0.405 e. The Labute approximate surface area is 105 Å². The lowest BCUT2D eigenvalue weighted by molar-refractivity contribution is -0.139. The fourth-order valence-electron chi connectivity index (χ4n) is 2.11. The molecular formula is C11H20F3N3O. The van der Waals surface area contributed by atoms with Crippen LogP contribution in [0.3, 0.4) is 0 Å². The highest BCUT2D eigenvalue weighted by Crippen LogP contribution is 2.13. The van der Waals surface area contributed by atoms with E-state index in [2.05, 4.69) is 5.32 Å². The fraction of sp³-hybridized carbons (Fsp3) is 0.909. The number of hydrogen-bond acceptors (Lipinski definition) is 3. The lowest BCUT2D eigenvalue weighted by Crippen LogP contribution is -2.48. The van der Waals surface area contributed by atoms with Crippen LogP contribution in [0.5, 0.6) is 0 Å². The fourth-order valence-corrected chi connectivity index (χ4v) is 2.11. The average Bonchev–Trinajstić information content (AvgIpc) is 2.33. The molecule has 0 aromatic heterocycles. The quantitative estimate of drug-likeness (QED) is 0.772. The second-order valence-electron chi connectivity index (χ2n) is 4.44. The summed E-state index contributed by atoms with van der Waals surface area (Å²) in [6.07, 6.45) is -2.48. The third-order valence-electron chi connectivity index (χ3n) is 3.06. The number of nitrogens with one attached hydrogen (secondary N) is 2. The van der Waals surface area contributed by atoms with Crippen molar-refractivity contribution in [2.75, 3.05) is 32.7 Å². The van der Waals surface area contributed by atoms with Gasteiger partial charge in [0.05, 0.1) is 6.54 Å². The number of carbonyl (C=O) groups is 1. The Morgan fingerprint density at radius 3 is 2.50 bits per heavy atom. The van der Waals surface area contributed by atoms with Crippen LogP contribution in [0, 0.1) is 0 Å². The third kappa shape index (κ3) is 5.68. The minimum absolute atomic E-state index is 0.0389. The first kappa shape index (κ1) is 15.2. The van der Waals surface area contributed by atoms with E-state index < -0.39 is 18.6 Å². The zero-order chi connectivity index (χ0) is 13.6. The van der Waals surface area contributed by atoms with Gasteiger partial charge in [0, 0.05) is 6.04 Å². The minimum Gasteiger partial charge on any atom is -0.346 e. The molecule has 1 fully saturated rings. The normalized spacial score (nSPS) is 18.1. The van der Waals surface area contributed by atoms with Crippen molar-refractivity contribution in [1.82, 2.24) is 15.5 Å². The largest absolute Gasteiger partial charge is 0.405 e. The van der Waals surface area contributed by atoms with Crippen LogP contribution in [0.4, 0.5) is 13.2 Å². The number of likely N-dealkylation sites (N-methyl/N-ethyl adjacent to an activating group) is 1. The standard InChI is InChI=1S/C11H20F3N3O/c1-2-17(9-3-5-15-6-4-9)7-10(18)16-8-11(12,13)14/h9,15H,2-8H2,1H3,(H,16,18). The Morgan fingerprint density at radius 1 is 1.39 bits per heavy atom. The molecule has 0 spiro atoms. The van der Waals surface area contributed by atoms with Crippen molar-refractivity contribution in [1.29, 1.82) is 0 Å².